The summed E-state index contributed by atoms with van der Waals surface area (Å²) in [6.45, 7) is 1.46. The molecule has 0 radical (unpaired) electrons. The number of benzene rings is 1. The number of rotatable bonds is 3. The monoisotopic (exact) mass is 271 g/mol. The van der Waals surface area contributed by atoms with Crippen LogP contribution in [0.25, 0.3) is 0 Å². The number of hydrogen-bond acceptors (Lipinski definition) is 3. The lowest BCUT2D eigenvalue weighted by atomic mass is 10.1. The molecule has 0 saturated carbocycles. The number of carbonyl (C=O) groups excluding carboxylic acids is 2. The first-order valence-corrected chi connectivity index (χ1v) is 5.50. The standard InChI is InChI=1S/C12H15F2N3O2/c1-6(12(19)17(2)3)16-11(18)7-4-10(15)9(14)5-8(7)13/h4-6H,15H2,1-3H3,(H,16,18). The number of anilines is 1. The molecule has 0 spiro atoms. The summed E-state index contributed by atoms with van der Waals surface area (Å²) in [5.74, 6) is -3.14. The number of nitrogen functional groups attached to an aromatic ring is 1. The first-order valence-electron chi connectivity index (χ1n) is 5.50. The van der Waals surface area contributed by atoms with Crippen LogP contribution in [-0.2, 0) is 4.79 Å². The fraction of sp³-hybridized carbons (Fsp3) is 0.333. The molecule has 0 heterocycles. The quantitative estimate of drug-likeness (QED) is 0.797. The summed E-state index contributed by atoms with van der Waals surface area (Å²) in [5.41, 5.74) is 4.53. The van der Waals surface area contributed by atoms with Crippen LogP contribution in [0.5, 0.6) is 0 Å². The Kier molecular flexibility index (Phi) is 4.42. The maximum atomic E-state index is 13.4. The van der Waals surface area contributed by atoms with E-state index < -0.39 is 29.1 Å². The molecule has 7 heteroatoms. The summed E-state index contributed by atoms with van der Waals surface area (Å²) >= 11 is 0. The van der Waals surface area contributed by atoms with E-state index in [9.17, 15) is 18.4 Å². The molecule has 1 unspecified atom stereocenters. The molecule has 5 nitrogen and oxygen atoms in total. The SMILES string of the molecule is CC(NC(=O)c1cc(N)c(F)cc1F)C(=O)N(C)C. The molecule has 0 bridgehead atoms. The lowest BCUT2D eigenvalue weighted by Crippen LogP contribution is -2.44. The largest absolute Gasteiger partial charge is 0.396 e. The molecule has 0 aliphatic rings. The molecular weight excluding hydrogens is 256 g/mol. The van der Waals surface area contributed by atoms with Crippen LogP contribution >= 0.6 is 0 Å². The van der Waals surface area contributed by atoms with Crippen molar-refractivity contribution in [2.45, 2.75) is 13.0 Å². The van der Waals surface area contributed by atoms with Gasteiger partial charge in [-0.15, -0.1) is 0 Å². The van der Waals surface area contributed by atoms with Crippen molar-refractivity contribution in [3.63, 3.8) is 0 Å². The summed E-state index contributed by atoms with van der Waals surface area (Å²) in [4.78, 5) is 24.6. The van der Waals surface area contributed by atoms with Crippen LogP contribution in [0.2, 0.25) is 0 Å². The minimum atomic E-state index is -1.03. The van der Waals surface area contributed by atoms with Crippen LogP contribution in [0.15, 0.2) is 12.1 Å². The maximum absolute atomic E-state index is 13.4. The first kappa shape index (κ1) is 14.9. The molecule has 1 atom stereocenters. The Bertz CT molecular complexity index is 518. The average Bonchev–Trinajstić information content (AvgIpc) is 2.32. The van der Waals surface area contributed by atoms with Crippen molar-refractivity contribution >= 4 is 17.5 Å². The van der Waals surface area contributed by atoms with E-state index in [1.54, 1.807) is 0 Å². The van der Waals surface area contributed by atoms with Gasteiger partial charge in [-0.05, 0) is 13.0 Å². The second kappa shape index (κ2) is 5.64. The normalized spacial score (nSPS) is 11.8. The van der Waals surface area contributed by atoms with Gasteiger partial charge in [0, 0.05) is 20.2 Å². The van der Waals surface area contributed by atoms with E-state index in [0.29, 0.717) is 6.07 Å². The van der Waals surface area contributed by atoms with E-state index >= 15 is 0 Å². The summed E-state index contributed by atoms with van der Waals surface area (Å²) in [6.07, 6.45) is 0. The van der Waals surface area contributed by atoms with Gasteiger partial charge in [0.25, 0.3) is 5.91 Å². The van der Waals surface area contributed by atoms with Crippen LogP contribution in [0.1, 0.15) is 17.3 Å². The first-order chi connectivity index (χ1) is 8.73. The molecule has 1 rings (SSSR count). The molecular formula is C12H15F2N3O2. The van der Waals surface area contributed by atoms with Gasteiger partial charge in [-0.25, -0.2) is 8.78 Å². The fourth-order valence-corrected chi connectivity index (χ4v) is 1.46. The number of halogens is 2. The van der Waals surface area contributed by atoms with Crippen LogP contribution in [0.4, 0.5) is 14.5 Å². The van der Waals surface area contributed by atoms with Gasteiger partial charge in [0.15, 0.2) is 0 Å². The minimum absolute atomic E-state index is 0.335. The van der Waals surface area contributed by atoms with Crippen molar-refractivity contribution in [1.29, 1.82) is 0 Å². The highest BCUT2D eigenvalue weighted by Gasteiger charge is 2.21. The smallest absolute Gasteiger partial charge is 0.254 e. The number of nitrogens with two attached hydrogens (primary N) is 1. The van der Waals surface area contributed by atoms with Crippen LogP contribution < -0.4 is 11.1 Å². The van der Waals surface area contributed by atoms with Crippen LogP contribution in [-0.4, -0.2) is 36.9 Å². The van der Waals surface area contributed by atoms with Gasteiger partial charge in [0.2, 0.25) is 5.91 Å². The lowest BCUT2D eigenvalue weighted by Gasteiger charge is -2.18. The summed E-state index contributed by atoms with van der Waals surface area (Å²) < 4.78 is 26.4. The third-order valence-corrected chi connectivity index (χ3v) is 2.49. The van der Waals surface area contributed by atoms with Gasteiger partial charge in [-0.3, -0.25) is 9.59 Å². The number of nitrogens with one attached hydrogen (secondary N) is 1. The zero-order valence-corrected chi connectivity index (χ0v) is 10.8. The number of amides is 2. The molecule has 0 aliphatic carbocycles. The Balaban J connectivity index is 2.90. The Labute approximate surface area is 109 Å². The predicted octanol–water partition coefficient (Wildman–Crippen LogP) is 0.754. The zero-order chi connectivity index (χ0) is 14.7. The summed E-state index contributed by atoms with van der Waals surface area (Å²) in [6, 6.07) is 0.600. The van der Waals surface area contributed by atoms with Crippen molar-refractivity contribution in [3.8, 4) is 0 Å². The maximum Gasteiger partial charge on any atom is 0.254 e. The minimum Gasteiger partial charge on any atom is -0.396 e. The Morgan fingerprint density at radius 3 is 2.37 bits per heavy atom. The Morgan fingerprint density at radius 1 is 1.26 bits per heavy atom. The molecule has 2 amide bonds. The highest BCUT2D eigenvalue weighted by Crippen LogP contribution is 2.16. The van der Waals surface area contributed by atoms with Crippen molar-refractivity contribution in [1.82, 2.24) is 10.2 Å². The van der Waals surface area contributed by atoms with Crippen molar-refractivity contribution in [2.24, 2.45) is 0 Å². The molecule has 1 aromatic carbocycles. The van der Waals surface area contributed by atoms with E-state index in [-0.39, 0.29) is 11.6 Å². The fourth-order valence-electron chi connectivity index (χ4n) is 1.46. The topological polar surface area (TPSA) is 75.4 Å². The number of carbonyl (C=O) groups is 2. The van der Waals surface area contributed by atoms with Gasteiger partial charge in [0.1, 0.15) is 17.7 Å². The Morgan fingerprint density at radius 2 is 1.84 bits per heavy atom. The van der Waals surface area contributed by atoms with Gasteiger partial charge < -0.3 is 16.0 Å². The molecule has 1 aromatic rings. The second-order valence-electron chi connectivity index (χ2n) is 4.28. The summed E-state index contributed by atoms with van der Waals surface area (Å²) in [7, 11) is 3.06. The highest BCUT2D eigenvalue weighted by molar-refractivity contribution is 5.98. The van der Waals surface area contributed by atoms with E-state index in [4.69, 9.17) is 5.73 Å². The van der Waals surface area contributed by atoms with Crippen LogP contribution in [0, 0.1) is 11.6 Å². The van der Waals surface area contributed by atoms with E-state index in [2.05, 4.69) is 5.32 Å². The number of likely N-dealkylation sites (N-methyl/N-ethyl adjacent to an activating group) is 1. The van der Waals surface area contributed by atoms with Crippen molar-refractivity contribution < 1.29 is 18.4 Å². The van der Waals surface area contributed by atoms with Crippen molar-refractivity contribution in [2.75, 3.05) is 19.8 Å². The van der Waals surface area contributed by atoms with Gasteiger partial charge in [-0.1, -0.05) is 0 Å². The predicted molar refractivity (Wildman–Crippen MR) is 66.4 cm³/mol. The molecule has 19 heavy (non-hydrogen) atoms. The molecule has 0 aliphatic heterocycles. The van der Waals surface area contributed by atoms with Gasteiger partial charge in [0.05, 0.1) is 11.3 Å². The molecule has 104 valence electrons. The average molecular weight is 271 g/mol. The lowest BCUT2D eigenvalue weighted by molar-refractivity contribution is -0.130. The molecule has 0 saturated heterocycles. The number of nitrogens with zero attached hydrogens (tertiary/aromatic N) is 1. The number of hydrogen-bond donors (Lipinski definition) is 2. The van der Waals surface area contributed by atoms with Gasteiger partial charge in [-0.2, -0.15) is 0 Å². The molecule has 0 aromatic heterocycles. The third-order valence-electron chi connectivity index (χ3n) is 2.49. The molecule has 0 fully saturated rings. The third kappa shape index (κ3) is 3.40. The van der Waals surface area contributed by atoms with Crippen LogP contribution in [0.3, 0.4) is 0 Å². The van der Waals surface area contributed by atoms with E-state index in [0.717, 1.165) is 6.07 Å². The second-order valence-corrected chi connectivity index (χ2v) is 4.28. The zero-order valence-electron chi connectivity index (χ0n) is 10.8. The van der Waals surface area contributed by atoms with Gasteiger partial charge >= 0.3 is 0 Å². The molecule has 3 N–H and O–H groups in total. The van der Waals surface area contributed by atoms with E-state index in [1.807, 2.05) is 0 Å². The Hall–Kier alpha value is -2.18. The van der Waals surface area contributed by atoms with Crippen molar-refractivity contribution in [3.05, 3.63) is 29.3 Å². The highest BCUT2D eigenvalue weighted by atomic mass is 19.1. The van der Waals surface area contributed by atoms with E-state index in [1.165, 1.54) is 25.9 Å². The summed E-state index contributed by atoms with van der Waals surface area (Å²) in [5, 5.41) is 2.32.